The molecule has 1 aliphatic heterocycles. The lowest BCUT2D eigenvalue weighted by Crippen LogP contribution is -2.44. The van der Waals surface area contributed by atoms with Crippen LogP contribution < -0.4 is 0 Å². The average molecular weight is 368 g/mol. The number of morpholine rings is 1. The molecule has 2 heterocycles. The molecule has 1 saturated heterocycles. The van der Waals surface area contributed by atoms with E-state index < -0.39 is 0 Å². The van der Waals surface area contributed by atoms with Gasteiger partial charge in [0.2, 0.25) is 5.91 Å². The highest BCUT2D eigenvalue weighted by Crippen LogP contribution is 2.29. The second kappa shape index (κ2) is 8.17. The number of rotatable bonds is 4. The van der Waals surface area contributed by atoms with Crippen LogP contribution in [0.3, 0.4) is 0 Å². The van der Waals surface area contributed by atoms with Gasteiger partial charge in [-0.25, -0.2) is 4.39 Å². The highest BCUT2D eigenvalue weighted by molar-refractivity contribution is 5.79. The fourth-order valence-electron chi connectivity index (χ4n) is 4.07. The number of pyridine rings is 1. The summed E-state index contributed by atoms with van der Waals surface area (Å²) < 4.78 is 19.8. The largest absolute Gasteiger partial charge is 0.368 e. The number of amides is 1. The van der Waals surface area contributed by atoms with Gasteiger partial charge in [0, 0.05) is 24.6 Å². The van der Waals surface area contributed by atoms with E-state index >= 15 is 0 Å². The van der Waals surface area contributed by atoms with Crippen molar-refractivity contribution in [3.63, 3.8) is 0 Å². The maximum Gasteiger partial charge on any atom is 0.225 e. The van der Waals surface area contributed by atoms with Gasteiger partial charge in [-0.15, -0.1) is 0 Å². The Morgan fingerprint density at radius 1 is 1.15 bits per heavy atom. The second-order valence-corrected chi connectivity index (χ2v) is 7.45. The molecule has 4 nitrogen and oxygen atoms in total. The average Bonchev–Trinajstić information content (AvgIpc) is 3.24. The van der Waals surface area contributed by atoms with Crippen molar-refractivity contribution in [2.24, 2.45) is 5.92 Å². The molecule has 0 N–H and O–H groups in total. The monoisotopic (exact) mass is 368 g/mol. The summed E-state index contributed by atoms with van der Waals surface area (Å²) in [6.07, 6.45) is 4.56. The van der Waals surface area contributed by atoms with Crippen LogP contribution in [-0.4, -0.2) is 35.5 Å². The van der Waals surface area contributed by atoms with Crippen molar-refractivity contribution >= 4 is 5.91 Å². The van der Waals surface area contributed by atoms with E-state index in [1.54, 1.807) is 12.1 Å². The molecule has 1 saturated carbocycles. The summed E-state index contributed by atoms with van der Waals surface area (Å²) in [5.41, 5.74) is 2.25. The van der Waals surface area contributed by atoms with Crippen LogP contribution in [0.5, 0.6) is 0 Å². The van der Waals surface area contributed by atoms with Crippen LogP contribution in [0.2, 0.25) is 0 Å². The first-order chi connectivity index (χ1) is 13.2. The minimum atomic E-state index is -0.218. The van der Waals surface area contributed by atoms with E-state index in [0.717, 1.165) is 37.1 Å². The van der Waals surface area contributed by atoms with Crippen LogP contribution in [0.15, 0.2) is 42.5 Å². The van der Waals surface area contributed by atoms with Gasteiger partial charge in [-0.05, 0) is 36.6 Å². The van der Waals surface area contributed by atoms with Gasteiger partial charge in [0.25, 0.3) is 0 Å². The van der Waals surface area contributed by atoms with Crippen molar-refractivity contribution < 1.29 is 13.9 Å². The van der Waals surface area contributed by atoms with Crippen molar-refractivity contribution in [1.29, 1.82) is 0 Å². The Morgan fingerprint density at radius 2 is 1.96 bits per heavy atom. The Labute approximate surface area is 159 Å². The summed E-state index contributed by atoms with van der Waals surface area (Å²) in [6, 6.07) is 12.5. The third-order valence-corrected chi connectivity index (χ3v) is 5.57. The number of nitrogens with zero attached hydrogens (tertiary/aromatic N) is 2. The quantitative estimate of drug-likeness (QED) is 0.822. The third-order valence-electron chi connectivity index (χ3n) is 5.57. The van der Waals surface area contributed by atoms with Gasteiger partial charge in [-0.1, -0.05) is 37.1 Å². The predicted octanol–water partition coefficient (Wildman–Crippen LogP) is 3.90. The fourth-order valence-corrected chi connectivity index (χ4v) is 4.07. The van der Waals surface area contributed by atoms with Crippen molar-refractivity contribution in [2.45, 2.75) is 38.2 Å². The zero-order chi connectivity index (χ0) is 18.6. The van der Waals surface area contributed by atoms with Crippen molar-refractivity contribution in [3.8, 4) is 0 Å². The van der Waals surface area contributed by atoms with Crippen LogP contribution in [0.1, 0.15) is 48.7 Å². The number of carbonyl (C=O) groups excluding carboxylic acids is 1. The molecule has 1 amide bonds. The van der Waals surface area contributed by atoms with Gasteiger partial charge in [0.05, 0.1) is 18.8 Å². The summed E-state index contributed by atoms with van der Waals surface area (Å²) in [7, 11) is 0. The first-order valence-corrected chi connectivity index (χ1v) is 9.80. The smallest absolute Gasteiger partial charge is 0.225 e. The van der Waals surface area contributed by atoms with Gasteiger partial charge >= 0.3 is 0 Å². The summed E-state index contributed by atoms with van der Waals surface area (Å²) in [6.45, 7) is 1.73. The molecule has 142 valence electrons. The molecule has 27 heavy (non-hydrogen) atoms. The van der Waals surface area contributed by atoms with Gasteiger partial charge in [-0.3, -0.25) is 9.78 Å². The molecule has 1 unspecified atom stereocenters. The van der Waals surface area contributed by atoms with Gasteiger partial charge in [-0.2, -0.15) is 0 Å². The lowest BCUT2D eigenvalue weighted by molar-refractivity contribution is -0.143. The van der Waals surface area contributed by atoms with Crippen LogP contribution in [0.25, 0.3) is 0 Å². The molecule has 5 heteroatoms. The van der Waals surface area contributed by atoms with Crippen LogP contribution in [0.4, 0.5) is 4.39 Å². The van der Waals surface area contributed by atoms with E-state index in [0.29, 0.717) is 31.7 Å². The van der Waals surface area contributed by atoms with Crippen LogP contribution in [-0.2, 0) is 16.0 Å². The lowest BCUT2D eigenvalue weighted by Gasteiger charge is -2.34. The normalized spacial score (nSPS) is 20.8. The summed E-state index contributed by atoms with van der Waals surface area (Å²) in [4.78, 5) is 19.4. The molecular weight excluding hydrogens is 343 g/mol. The molecule has 2 aliphatic rings. The number of hydrogen-bond acceptors (Lipinski definition) is 3. The predicted molar refractivity (Wildman–Crippen MR) is 101 cm³/mol. The van der Waals surface area contributed by atoms with Crippen LogP contribution >= 0.6 is 0 Å². The molecule has 1 aromatic heterocycles. The SMILES string of the molecule is O=C(C1CCCC1)N1CCOC(c2cccc(Cc3ccccc3F)n2)C1. The molecular formula is C22H25FN2O2. The highest BCUT2D eigenvalue weighted by atomic mass is 19.1. The molecule has 1 aliphatic carbocycles. The van der Waals surface area contributed by atoms with E-state index in [1.165, 1.54) is 6.07 Å². The van der Waals surface area contributed by atoms with Crippen LogP contribution in [0, 0.1) is 11.7 Å². The molecule has 0 bridgehead atoms. The van der Waals surface area contributed by atoms with E-state index in [1.807, 2.05) is 29.2 Å². The van der Waals surface area contributed by atoms with E-state index in [2.05, 4.69) is 0 Å². The third kappa shape index (κ3) is 4.19. The highest BCUT2D eigenvalue weighted by Gasteiger charge is 2.32. The minimum absolute atomic E-state index is 0.184. The Balaban J connectivity index is 1.46. The lowest BCUT2D eigenvalue weighted by atomic mass is 10.0. The van der Waals surface area contributed by atoms with E-state index in [9.17, 15) is 9.18 Å². The topological polar surface area (TPSA) is 42.4 Å². The number of halogens is 1. The second-order valence-electron chi connectivity index (χ2n) is 7.45. The molecule has 4 rings (SSSR count). The molecule has 1 aromatic carbocycles. The Bertz CT molecular complexity index is 804. The first-order valence-electron chi connectivity index (χ1n) is 9.80. The maximum absolute atomic E-state index is 13.9. The van der Waals surface area contributed by atoms with Crippen molar-refractivity contribution in [1.82, 2.24) is 9.88 Å². The number of hydrogen-bond donors (Lipinski definition) is 0. The molecule has 0 spiro atoms. The number of benzene rings is 1. The Kier molecular flexibility index (Phi) is 5.48. The molecule has 0 radical (unpaired) electrons. The number of carbonyl (C=O) groups is 1. The van der Waals surface area contributed by atoms with E-state index in [-0.39, 0.29) is 23.7 Å². The van der Waals surface area contributed by atoms with Crippen molar-refractivity contribution in [2.75, 3.05) is 19.7 Å². The number of ether oxygens (including phenoxy) is 1. The number of aromatic nitrogens is 1. The van der Waals surface area contributed by atoms with Gasteiger partial charge < -0.3 is 9.64 Å². The van der Waals surface area contributed by atoms with Crippen molar-refractivity contribution in [3.05, 3.63) is 65.2 Å². The minimum Gasteiger partial charge on any atom is -0.368 e. The summed E-state index contributed by atoms with van der Waals surface area (Å²) in [5.74, 6) is 0.236. The Morgan fingerprint density at radius 3 is 2.78 bits per heavy atom. The molecule has 2 aromatic rings. The van der Waals surface area contributed by atoms with E-state index in [4.69, 9.17) is 9.72 Å². The standard InChI is InChI=1S/C22H25FN2O2/c23-19-10-4-3-8-17(19)14-18-9-5-11-20(24-18)21-15-25(12-13-27-21)22(26)16-6-1-2-7-16/h3-5,8-11,16,21H,1-2,6-7,12-15H2. The zero-order valence-electron chi connectivity index (χ0n) is 15.4. The first kappa shape index (κ1) is 18.1. The Hall–Kier alpha value is -2.27. The fraction of sp³-hybridized carbons (Fsp3) is 0.455. The van der Waals surface area contributed by atoms with Gasteiger partial charge in [0.15, 0.2) is 0 Å². The summed E-state index contributed by atoms with van der Waals surface area (Å²) >= 11 is 0. The molecule has 1 atom stereocenters. The zero-order valence-corrected chi connectivity index (χ0v) is 15.4. The maximum atomic E-state index is 13.9. The summed E-state index contributed by atoms with van der Waals surface area (Å²) in [5, 5.41) is 0. The molecule has 2 fully saturated rings. The van der Waals surface area contributed by atoms with Gasteiger partial charge in [0.1, 0.15) is 11.9 Å².